The van der Waals surface area contributed by atoms with Crippen LogP contribution < -0.4 is 14.8 Å². The van der Waals surface area contributed by atoms with E-state index in [1.54, 1.807) is 6.07 Å². The number of anilines is 1. The van der Waals surface area contributed by atoms with Crippen molar-refractivity contribution in [2.45, 2.75) is 62.4 Å². The number of amides is 1. The molecule has 7 nitrogen and oxygen atoms in total. The van der Waals surface area contributed by atoms with E-state index in [9.17, 15) is 4.79 Å². The minimum atomic E-state index is -0.292. The number of nitrogens with one attached hydrogen (secondary N) is 1. The Bertz CT molecular complexity index is 848. The summed E-state index contributed by atoms with van der Waals surface area (Å²) in [6.45, 7) is 4.96. The first-order chi connectivity index (χ1) is 13.6. The Labute approximate surface area is 169 Å². The highest BCUT2D eigenvalue weighted by atomic mass is 32.2. The van der Waals surface area contributed by atoms with E-state index in [4.69, 9.17) is 9.47 Å². The highest BCUT2D eigenvalue weighted by Crippen LogP contribution is 2.35. The van der Waals surface area contributed by atoms with Gasteiger partial charge in [0.15, 0.2) is 16.7 Å². The Morgan fingerprint density at radius 2 is 1.93 bits per heavy atom. The Hall–Kier alpha value is -2.22. The maximum Gasteiger partial charge on any atom is 0.237 e. The second-order valence-corrected chi connectivity index (χ2v) is 8.61. The molecule has 8 heteroatoms. The van der Waals surface area contributed by atoms with Crippen LogP contribution in [-0.4, -0.2) is 39.1 Å². The zero-order valence-electron chi connectivity index (χ0n) is 16.3. The number of aryl methyl sites for hydroxylation is 1. The molecule has 1 fully saturated rings. The number of carbonyl (C=O) groups excluding carboxylic acids is 1. The minimum absolute atomic E-state index is 0.0717. The van der Waals surface area contributed by atoms with Crippen LogP contribution >= 0.6 is 11.8 Å². The third-order valence-electron chi connectivity index (χ3n) is 5.24. The van der Waals surface area contributed by atoms with Crippen LogP contribution in [0.25, 0.3) is 0 Å². The van der Waals surface area contributed by atoms with Crippen LogP contribution in [0.3, 0.4) is 0 Å². The number of benzene rings is 1. The molecule has 4 rings (SSSR count). The van der Waals surface area contributed by atoms with Gasteiger partial charge < -0.3 is 19.4 Å². The number of rotatable bonds is 5. The van der Waals surface area contributed by atoms with Crippen molar-refractivity contribution in [1.82, 2.24) is 14.8 Å². The number of fused-ring (bicyclic) bond motifs is 1. The quantitative estimate of drug-likeness (QED) is 0.762. The molecule has 1 aliphatic heterocycles. The van der Waals surface area contributed by atoms with Crippen LogP contribution in [0.1, 0.15) is 50.9 Å². The largest absolute Gasteiger partial charge is 0.486 e. The monoisotopic (exact) mass is 402 g/mol. The molecule has 0 saturated heterocycles. The van der Waals surface area contributed by atoms with Gasteiger partial charge in [0.05, 0.1) is 5.25 Å². The average molecular weight is 403 g/mol. The summed E-state index contributed by atoms with van der Waals surface area (Å²) in [5.74, 6) is 2.23. The van der Waals surface area contributed by atoms with Gasteiger partial charge in [-0.2, -0.15) is 0 Å². The van der Waals surface area contributed by atoms with E-state index in [0.717, 1.165) is 23.8 Å². The summed E-state index contributed by atoms with van der Waals surface area (Å²) < 4.78 is 13.3. The molecule has 2 aromatic rings. The summed E-state index contributed by atoms with van der Waals surface area (Å²) in [5.41, 5.74) is 0.701. The van der Waals surface area contributed by atoms with E-state index in [-0.39, 0.29) is 11.2 Å². The summed E-state index contributed by atoms with van der Waals surface area (Å²) in [4.78, 5) is 12.7. The molecule has 28 heavy (non-hydrogen) atoms. The molecule has 1 saturated carbocycles. The van der Waals surface area contributed by atoms with Crippen LogP contribution in [0.4, 0.5) is 5.69 Å². The van der Waals surface area contributed by atoms with Gasteiger partial charge in [-0.3, -0.25) is 4.79 Å². The van der Waals surface area contributed by atoms with Crippen LogP contribution in [0, 0.1) is 6.92 Å². The van der Waals surface area contributed by atoms with Crippen molar-refractivity contribution in [3.05, 3.63) is 24.0 Å². The van der Waals surface area contributed by atoms with Crippen LogP contribution in [0.15, 0.2) is 23.4 Å². The van der Waals surface area contributed by atoms with E-state index in [1.807, 2.05) is 26.0 Å². The minimum Gasteiger partial charge on any atom is -0.486 e. The lowest BCUT2D eigenvalue weighted by Crippen LogP contribution is -2.24. The maximum atomic E-state index is 12.7. The van der Waals surface area contributed by atoms with Crippen molar-refractivity contribution in [3.8, 4) is 11.5 Å². The third kappa shape index (κ3) is 4.11. The van der Waals surface area contributed by atoms with Gasteiger partial charge in [0.25, 0.3) is 0 Å². The topological polar surface area (TPSA) is 78.3 Å². The summed E-state index contributed by atoms with van der Waals surface area (Å²) in [5, 5.41) is 12.1. The van der Waals surface area contributed by atoms with Crippen LogP contribution in [0.2, 0.25) is 0 Å². The van der Waals surface area contributed by atoms with Gasteiger partial charge in [-0.05, 0) is 38.8 Å². The van der Waals surface area contributed by atoms with E-state index in [2.05, 4.69) is 20.1 Å². The first kappa shape index (κ1) is 19.1. The van der Waals surface area contributed by atoms with Crippen molar-refractivity contribution in [3.63, 3.8) is 0 Å². The van der Waals surface area contributed by atoms with Crippen molar-refractivity contribution in [1.29, 1.82) is 0 Å². The highest BCUT2D eigenvalue weighted by Gasteiger charge is 2.25. The number of aromatic nitrogens is 3. The number of hydrogen-bond acceptors (Lipinski definition) is 6. The first-order valence-electron chi connectivity index (χ1n) is 9.90. The van der Waals surface area contributed by atoms with E-state index >= 15 is 0 Å². The Morgan fingerprint density at radius 3 is 2.71 bits per heavy atom. The van der Waals surface area contributed by atoms with E-state index < -0.39 is 0 Å². The molecule has 2 heterocycles. The molecule has 1 unspecified atom stereocenters. The molecule has 0 spiro atoms. The average Bonchev–Trinajstić information content (AvgIpc) is 3.08. The Kier molecular flexibility index (Phi) is 5.75. The van der Waals surface area contributed by atoms with Gasteiger partial charge in [-0.1, -0.05) is 31.0 Å². The molecule has 2 aliphatic rings. The number of thioether (sulfide) groups is 1. The fourth-order valence-corrected chi connectivity index (χ4v) is 4.73. The van der Waals surface area contributed by atoms with Gasteiger partial charge in [0.2, 0.25) is 5.91 Å². The maximum absolute atomic E-state index is 12.7. The van der Waals surface area contributed by atoms with Crippen molar-refractivity contribution in [2.75, 3.05) is 18.5 Å². The summed E-state index contributed by atoms with van der Waals surface area (Å²) in [6.07, 6.45) is 6.10. The highest BCUT2D eigenvalue weighted by molar-refractivity contribution is 8.00. The molecule has 1 amide bonds. The normalized spacial score (nSPS) is 17.9. The smallest absolute Gasteiger partial charge is 0.237 e. The van der Waals surface area contributed by atoms with Crippen LogP contribution in [0.5, 0.6) is 11.5 Å². The number of hydrogen-bond donors (Lipinski definition) is 1. The fraction of sp³-hybridized carbons (Fsp3) is 0.550. The molecule has 1 atom stereocenters. The summed E-state index contributed by atoms with van der Waals surface area (Å²) >= 11 is 1.46. The predicted molar refractivity (Wildman–Crippen MR) is 108 cm³/mol. The molecular weight excluding hydrogens is 376 g/mol. The second-order valence-electron chi connectivity index (χ2n) is 7.30. The van der Waals surface area contributed by atoms with Gasteiger partial charge in [-0.15, -0.1) is 10.2 Å². The van der Waals surface area contributed by atoms with E-state index in [0.29, 0.717) is 36.4 Å². The predicted octanol–water partition coefficient (Wildman–Crippen LogP) is 3.98. The zero-order valence-corrected chi connectivity index (χ0v) is 17.1. The van der Waals surface area contributed by atoms with E-state index in [1.165, 1.54) is 31.0 Å². The molecule has 1 aromatic heterocycles. The molecule has 150 valence electrons. The molecule has 0 bridgehead atoms. The van der Waals surface area contributed by atoms with Crippen molar-refractivity contribution in [2.24, 2.45) is 0 Å². The fourth-order valence-electron chi connectivity index (χ4n) is 3.77. The SMILES string of the molecule is Cc1nnc(SC(C)C(=O)Nc2ccc3c(c2)OCCO3)n1C1CCCCC1. The van der Waals surface area contributed by atoms with Gasteiger partial charge >= 0.3 is 0 Å². The Balaban J connectivity index is 1.42. The van der Waals surface area contributed by atoms with Gasteiger partial charge in [0.1, 0.15) is 19.0 Å². The zero-order chi connectivity index (χ0) is 19.5. The lowest BCUT2D eigenvalue weighted by atomic mass is 9.95. The van der Waals surface area contributed by atoms with Crippen molar-refractivity contribution >= 4 is 23.4 Å². The van der Waals surface area contributed by atoms with Gasteiger partial charge in [0, 0.05) is 17.8 Å². The summed E-state index contributed by atoms with van der Waals surface area (Å²) in [6, 6.07) is 5.90. The van der Waals surface area contributed by atoms with Crippen LogP contribution in [-0.2, 0) is 4.79 Å². The molecule has 1 N–H and O–H groups in total. The standard InChI is InChI=1S/C20H26N4O3S/c1-13(19(25)21-15-8-9-17-18(12-15)27-11-10-26-17)28-20-23-22-14(2)24(20)16-6-4-3-5-7-16/h8-9,12-13,16H,3-7,10-11H2,1-2H3,(H,21,25). The first-order valence-corrected chi connectivity index (χ1v) is 10.8. The number of nitrogens with zero attached hydrogens (tertiary/aromatic N) is 3. The molecular formula is C20H26N4O3S. The number of ether oxygens (including phenoxy) is 2. The lowest BCUT2D eigenvalue weighted by molar-refractivity contribution is -0.115. The summed E-state index contributed by atoms with van der Waals surface area (Å²) in [7, 11) is 0. The van der Waals surface area contributed by atoms with Crippen molar-refractivity contribution < 1.29 is 14.3 Å². The molecule has 1 aromatic carbocycles. The Morgan fingerprint density at radius 1 is 1.18 bits per heavy atom. The third-order valence-corrected chi connectivity index (χ3v) is 6.29. The molecule has 0 radical (unpaired) electrons. The second kappa shape index (κ2) is 8.43. The lowest BCUT2D eigenvalue weighted by Gasteiger charge is -2.25. The molecule has 1 aliphatic carbocycles. The number of carbonyl (C=O) groups is 1. The van der Waals surface area contributed by atoms with Gasteiger partial charge in [-0.25, -0.2) is 0 Å².